The summed E-state index contributed by atoms with van der Waals surface area (Å²) in [6.45, 7) is 5.74. The second-order valence-corrected chi connectivity index (χ2v) is 1.61. The Morgan fingerprint density at radius 1 is 2.00 bits per heavy atom. The molecule has 3 nitrogen and oxygen atoms in total. The maximum Gasteiger partial charge on any atom is 0.116 e. The summed E-state index contributed by atoms with van der Waals surface area (Å²) in [5.41, 5.74) is 0. The van der Waals surface area contributed by atoms with Gasteiger partial charge in [0, 0.05) is 6.72 Å². The molecular weight excluding hydrogens is 207 g/mol. The van der Waals surface area contributed by atoms with E-state index in [0.717, 1.165) is 0 Å². The van der Waals surface area contributed by atoms with Crippen LogP contribution >= 0.6 is 22.9 Å². The van der Waals surface area contributed by atoms with Crippen LogP contribution in [0.2, 0.25) is 0 Å². The molecule has 0 spiro atoms. The van der Waals surface area contributed by atoms with Gasteiger partial charge in [-0.05, 0) is 6.92 Å². The van der Waals surface area contributed by atoms with Crippen molar-refractivity contribution in [3.63, 3.8) is 0 Å². The van der Waals surface area contributed by atoms with Crippen LogP contribution in [0.3, 0.4) is 0 Å². The van der Waals surface area contributed by atoms with Crippen LogP contribution < -0.4 is 0 Å². The molecule has 0 bridgehead atoms. The van der Waals surface area contributed by atoms with Gasteiger partial charge in [0.25, 0.3) is 0 Å². The lowest BCUT2D eigenvalue weighted by molar-refractivity contribution is -0.0467. The van der Waals surface area contributed by atoms with Gasteiger partial charge < -0.3 is 0 Å². The monoisotopic (exact) mass is 214 g/mol. The molecule has 0 aromatic carbocycles. The van der Waals surface area contributed by atoms with Crippen LogP contribution in [0.25, 0.3) is 0 Å². The molecule has 0 aliphatic heterocycles. The first-order chi connectivity index (χ1) is 3.31. The van der Waals surface area contributed by atoms with Crippen molar-refractivity contribution in [1.82, 2.24) is 3.39 Å². The first kappa shape index (κ1) is 7.16. The van der Waals surface area contributed by atoms with Crippen LogP contribution in [-0.4, -0.2) is 16.7 Å². The van der Waals surface area contributed by atoms with Gasteiger partial charge in [-0.25, -0.2) is 4.84 Å². The minimum Gasteiger partial charge on any atom is -0.248 e. The SMILES string of the molecule is C=NN(I)OCC. The molecule has 0 aliphatic rings. The number of hydrogen-bond donors (Lipinski definition) is 0. The van der Waals surface area contributed by atoms with Gasteiger partial charge in [-0.3, -0.25) is 0 Å². The van der Waals surface area contributed by atoms with Crippen molar-refractivity contribution in [1.29, 1.82) is 0 Å². The van der Waals surface area contributed by atoms with Gasteiger partial charge >= 0.3 is 0 Å². The van der Waals surface area contributed by atoms with Crippen molar-refractivity contribution in [2.24, 2.45) is 5.10 Å². The molecule has 0 aromatic rings. The summed E-state index contributed by atoms with van der Waals surface area (Å²) >= 11 is 1.89. The molecule has 0 atom stereocenters. The fourth-order valence-electron chi connectivity index (χ4n) is 0.147. The van der Waals surface area contributed by atoms with E-state index in [1.54, 1.807) is 0 Å². The minimum absolute atomic E-state index is 0.627. The summed E-state index contributed by atoms with van der Waals surface area (Å²) in [6, 6.07) is 0. The van der Waals surface area contributed by atoms with Gasteiger partial charge in [-0.15, -0.1) is 3.39 Å². The van der Waals surface area contributed by atoms with Crippen LogP contribution in [0.1, 0.15) is 6.92 Å². The van der Waals surface area contributed by atoms with Gasteiger partial charge in [0.05, 0.1) is 6.61 Å². The second-order valence-electron chi connectivity index (χ2n) is 0.785. The van der Waals surface area contributed by atoms with E-state index in [0.29, 0.717) is 6.61 Å². The van der Waals surface area contributed by atoms with E-state index in [1.807, 2.05) is 29.8 Å². The second kappa shape index (κ2) is 4.32. The molecule has 0 rings (SSSR count). The Hall–Kier alpha value is 0.160. The standard InChI is InChI=1S/C3H7IN2O/c1-3-7-6(4)5-2/h2-3H2,1H3. The zero-order valence-corrected chi connectivity index (χ0v) is 6.25. The van der Waals surface area contributed by atoms with Crippen molar-refractivity contribution in [3.8, 4) is 0 Å². The highest BCUT2D eigenvalue weighted by Crippen LogP contribution is 1.96. The number of hydrazone groups is 1. The maximum absolute atomic E-state index is 4.78. The fraction of sp³-hybridized carbons (Fsp3) is 0.667. The van der Waals surface area contributed by atoms with E-state index in [4.69, 9.17) is 4.84 Å². The zero-order valence-electron chi connectivity index (χ0n) is 4.09. The third-order valence-corrected chi connectivity index (χ3v) is 0.930. The average Bonchev–Trinajstić information content (AvgIpc) is 1.68. The van der Waals surface area contributed by atoms with Crippen LogP contribution in [0.15, 0.2) is 5.10 Å². The molecule has 0 amide bonds. The van der Waals surface area contributed by atoms with Crippen molar-refractivity contribution < 1.29 is 4.84 Å². The van der Waals surface area contributed by atoms with E-state index in [2.05, 4.69) is 11.8 Å². The lowest BCUT2D eigenvalue weighted by Crippen LogP contribution is -2.01. The largest absolute Gasteiger partial charge is 0.248 e. The molecular formula is C3H7IN2O. The van der Waals surface area contributed by atoms with Crippen LogP contribution in [0.5, 0.6) is 0 Å². The Labute approximate surface area is 56.8 Å². The highest BCUT2D eigenvalue weighted by molar-refractivity contribution is 14.1. The summed E-state index contributed by atoms with van der Waals surface area (Å²) in [5, 5.41) is 3.43. The summed E-state index contributed by atoms with van der Waals surface area (Å²) in [5.74, 6) is 0. The summed E-state index contributed by atoms with van der Waals surface area (Å²) in [6.07, 6.45) is 0. The van der Waals surface area contributed by atoms with E-state index < -0.39 is 0 Å². The lowest BCUT2D eigenvalue weighted by atomic mass is 10.9. The van der Waals surface area contributed by atoms with Crippen LogP contribution in [-0.2, 0) is 4.84 Å². The van der Waals surface area contributed by atoms with E-state index in [-0.39, 0.29) is 0 Å². The van der Waals surface area contributed by atoms with E-state index >= 15 is 0 Å². The molecule has 0 saturated heterocycles. The first-order valence-corrected chi connectivity index (χ1v) is 2.83. The van der Waals surface area contributed by atoms with Gasteiger partial charge in [0.15, 0.2) is 0 Å². The minimum atomic E-state index is 0.627. The number of halogens is 1. The lowest BCUT2D eigenvalue weighted by Gasteiger charge is -2.04. The normalized spacial score (nSPS) is 8.29. The van der Waals surface area contributed by atoms with Crippen molar-refractivity contribution in [2.45, 2.75) is 6.92 Å². The molecule has 42 valence electrons. The Balaban J connectivity index is 2.98. The highest BCUT2D eigenvalue weighted by Gasteiger charge is 1.84. The molecule has 0 unspecified atom stereocenters. The molecule has 0 N–H and O–H groups in total. The Kier molecular flexibility index (Phi) is 4.42. The van der Waals surface area contributed by atoms with Gasteiger partial charge in [0.2, 0.25) is 0 Å². The van der Waals surface area contributed by atoms with Crippen LogP contribution in [0, 0.1) is 0 Å². The van der Waals surface area contributed by atoms with Gasteiger partial charge in [0.1, 0.15) is 22.9 Å². The Bertz CT molecular complexity index is 58.9. The highest BCUT2D eigenvalue weighted by atomic mass is 127. The average molecular weight is 214 g/mol. The predicted molar refractivity (Wildman–Crippen MR) is 37.0 cm³/mol. The predicted octanol–water partition coefficient (Wildman–Crippen LogP) is 1.21. The zero-order chi connectivity index (χ0) is 5.70. The molecule has 0 aliphatic carbocycles. The number of nitrogens with zero attached hydrogens (tertiary/aromatic N) is 2. The number of hydrogen-bond acceptors (Lipinski definition) is 3. The van der Waals surface area contributed by atoms with E-state index in [1.165, 1.54) is 3.39 Å². The van der Waals surface area contributed by atoms with Crippen molar-refractivity contribution in [2.75, 3.05) is 6.61 Å². The third-order valence-electron chi connectivity index (χ3n) is 0.347. The molecule has 4 heteroatoms. The Morgan fingerprint density at radius 3 is 2.71 bits per heavy atom. The van der Waals surface area contributed by atoms with E-state index in [9.17, 15) is 0 Å². The quantitative estimate of drug-likeness (QED) is 0.305. The molecule has 7 heavy (non-hydrogen) atoms. The smallest absolute Gasteiger partial charge is 0.116 e. The fourth-order valence-corrected chi connectivity index (χ4v) is 0.426. The summed E-state index contributed by atoms with van der Waals surface area (Å²) in [4.78, 5) is 4.78. The maximum atomic E-state index is 4.78. The molecule has 0 radical (unpaired) electrons. The summed E-state index contributed by atoms with van der Waals surface area (Å²) in [7, 11) is 0. The van der Waals surface area contributed by atoms with Gasteiger partial charge in [-0.2, -0.15) is 5.10 Å². The summed E-state index contributed by atoms with van der Waals surface area (Å²) < 4.78 is 1.29. The third kappa shape index (κ3) is 4.00. The van der Waals surface area contributed by atoms with Gasteiger partial charge in [-0.1, -0.05) is 0 Å². The Morgan fingerprint density at radius 2 is 2.57 bits per heavy atom. The molecule has 0 saturated carbocycles. The molecule has 0 fully saturated rings. The molecule has 0 aromatic heterocycles. The number of rotatable bonds is 3. The van der Waals surface area contributed by atoms with Crippen molar-refractivity contribution >= 4 is 29.6 Å². The first-order valence-electron chi connectivity index (χ1n) is 1.86. The topological polar surface area (TPSA) is 24.8 Å². The molecule has 0 heterocycles. The van der Waals surface area contributed by atoms with Crippen molar-refractivity contribution in [3.05, 3.63) is 0 Å². The van der Waals surface area contributed by atoms with Crippen LogP contribution in [0.4, 0.5) is 0 Å².